The van der Waals surface area contributed by atoms with Crippen LogP contribution in [0.4, 0.5) is 11.4 Å². The van der Waals surface area contributed by atoms with Gasteiger partial charge < -0.3 is 18.9 Å². The molecular formula is C18H16N2O8. The van der Waals surface area contributed by atoms with Gasteiger partial charge in [0.1, 0.15) is 23.7 Å². The lowest BCUT2D eigenvalue weighted by Crippen LogP contribution is -2.36. The van der Waals surface area contributed by atoms with Crippen LogP contribution in [-0.4, -0.2) is 47.5 Å². The number of nitro groups is 2. The zero-order chi connectivity index (χ0) is 19.7. The molecule has 0 saturated carbocycles. The molecule has 28 heavy (non-hydrogen) atoms. The normalized spacial score (nSPS) is 25.9. The fourth-order valence-electron chi connectivity index (χ4n) is 3.27. The Labute approximate surface area is 158 Å². The Hall–Kier alpha value is -3.24. The molecule has 0 amide bonds. The van der Waals surface area contributed by atoms with Crippen LogP contribution in [0.25, 0.3) is 0 Å². The number of nitro benzene ring substituents is 2. The molecule has 4 rings (SSSR count). The first-order chi connectivity index (χ1) is 13.5. The van der Waals surface area contributed by atoms with Crippen LogP contribution in [0.1, 0.15) is 0 Å². The van der Waals surface area contributed by atoms with Gasteiger partial charge in [0, 0.05) is 24.3 Å². The molecule has 0 spiro atoms. The molecule has 10 nitrogen and oxygen atoms in total. The molecular weight excluding hydrogens is 372 g/mol. The molecule has 2 saturated heterocycles. The number of fused-ring (bicyclic) bond motifs is 1. The standard InChI is InChI=1S/C18H16N2O8/c21-19(22)11-1-5-13(6-2-11)27-15-9-25-18-16(10-26-17(15)18)28-14-7-3-12(4-8-14)20(23)24/h1-8,15-18H,9-10H2. The van der Waals surface area contributed by atoms with E-state index in [1.165, 1.54) is 48.5 Å². The van der Waals surface area contributed by atoms with Crippen LogP contribution in [0.3, 0.4) is 0 Å². The molecule has 2 aromatic carbocycles. The van der Waals surface area contributed by atoms with Crippen molar-refractivity contribution in [2.24, 2.45) is 0 Å². The molecule has 0 bridgehead atoms. The van der Waals surface area contributed by atoms with Crippen molar-refractivity contribution in [2.75, 3.05) is 13.2 Å². The average Bonchev–Trinajstić information content (AvgIpc) is 3.26. The number of benzene rings is 2. The number of rotatable bonds is 6. The van der Waals surface area contributed by atoms with Gasteiger partial charge in [-0.3, -0.25) is 20.2 Å². The molecule has 0 aromatic heterocycles. The van der Waals surface area contributed by atoms with Crippen LogP contribution in [0.2, 0.25) is 0 Å². The predicted molar refractivity (Wildman–Crippen MR) is 94.5 cm³/mol. The van der Waals surface area contributed by atoms with Gasteiger partial charge in [-0.25, -0.2) is 0 Å². The highest BCUT2D eigenvalue weighted by atomic mass is 16.6. The zero-order valence-electron chi connectivity index (χ0n) is 14.5. The molecule has 0 radical (unpaired) electrons. The van der Waals surface area contributed by atoms with Gasteiger partial charge in [0.05, 0.1) is 23.1 Å². The highest BCUT2D eigenvalue weighted by Crippen LogP contribution is 2.33. The van der Waals surface area contributed by atoms with Crippen LogP contribution in [0, 0.1) is 20.2 Å². The third-order valence-electron chi connectivity index (χ3n) is 4.63. The van der Waals surface area contributed by atoms with Crippen molar-refractivity contribution < 1.29 is 28.8 Å². The molecule has 0 aliphatic carbocycles. The quantitative estimate of drug-likeness (QED) is 0.546. The van der Waals surface area contributed by atoms with E-state index < -0.39 is 9.85 Å². The zero-order valence-corrected chi connectivity index (χ0v) is 14.5. The van der Waals surface area contributed by atoms with Crippen LogP contribution in [0.5, 0.6) is 11.5 Å². The minimum absolute atomic E-state index is 0.0124. The Bertz CT molecular complexity index is 797. The summed E-state index contributed by atoms with van der Waals surface area (Å²) in [6, 6.07) is 11.6. The van der Waals surface area contributed by atoms with Gasteiger partial charge in [0.25, 0.3) is 11.4 Å². The van der Waals surface area contributed by atoms with Crippen molar-refractivity contribution in [2.45, 2.75) is 24.4 Å². The Morgan fingerprint density at radius 2 is 1.07 bits per heavy atom. The van der Waals surface area contributed by atoms with Crippen LogP contribution >= 0.6 is 0 Å². The summed E-state index contributed by atoms with van der Waals surface area (Å²) in [4.78, 5) is 20.5. The molecule has 4 unspecified atom stereocenters. The first-order valence-electron chi connectivity index (χ1n) is 8.57. The highest BCUT2D eigenvalue weighted by molar-refractivity contribution is 5.37. The Morgan fingerprint density at radius 1 is 0.714 bits per heavy atom. The summed E-state index contributed by atoms with van der Waals surface area (Å²) in [5.41, 5.74) is -0.0249. The maximum atomic E-state index is 10.7. The summed E-state index contributed by atoms with van der Waals surface area (Å²) >= 11 is 0. The molecule has 146 valence electrons. The van der Waals surface area contributed by atoms with E-state index in [9.17, 15) is 20.2 Å². The van der Waals surface area contributed by atoms with Gasteiger partial charge in [0.2, 0.25) is 0 Å². The van der Waals surface area contributed by atoms with Crippen molar-refractivity contribution in [3.8, 4) is 11.5 Å². The molecule has 2 fully saturated rings. The van der Waals surface area contributed by atoms with Crippen molar-refractivity contribution in [1.29, 1.82) is 0 Å². The first-order valence-corrected chi connectivity index (χ1v) is 8.57. The summed E-state index contributed by atoms with van der Waals surface area (Å²) < 4.78 is 23.3. The fourth-order valence-corrected chi connectivity index (χ4v) is 3.27. The second-order valence-corrected chi connectivity index (χ2v) is 6.41. The average molecular weight is 388 g/mol. The SMILES string of the molecule is O=[N+]([O-])c1ccc(OC2COC3C(Oc4ccc([N+](=O)[O-])cc4)COC23)cc1. The Morgan fingerprint density at radius 3 is 1.39 bits per heavy atom. The van der Waals surface area contributed by atoms with E-state index in [0.717, 1.165) is 0 Å². The topological polar surface area (TPSA) is 123 Å². The largest absolute Gasteiger partial charge is 0.485 e. The molecule has 2 aliphatic rings. The molecule has 10 heteroatoms. The van der Waals surface area contributed by atoms with Gasteiger partial charge >= 0.3 is 0 Å². The number of ether oxygens (including phenoxy) is 4. The number of hydrogen-bond donors (Lipinski definition) is 0. The summed E-state index contributed by atoms with van der Waals surface area (Å²) in [7, 11) is 0. The summed E-state index contributed by atoms with van der Waals surface area (Å²) in [5, 5.41) is 21.4. The second-order valence-electron chi connectivity index (χ2n) is 6.41. The van der Waals surface area contributed by atoms with E-state index in [0.29, 0.717) is 24.7 Å². The van der Waals surface area contributed by atoms with Crippen molar-refractivity contribution in [3.63, 3.8) is 0 Å². The highest BCUT2D eigenvalue weighted by Gasteiger charge is 2.50. The first kappa shape index (κ1) is 18.1. The number of non-ortho nitro benzene ring substituents is 2. The summed E-state index contributed by atoms with van der Waals surface area (Å²) in [6.07, 6.45) is -1.40. The van der Waals surface area contributed by atoms with E-state index in [1.807, 2.05) is 0 Å². The van der Waals surface area contributed by atoms with Gasteiger partial charge in [-0.1, -0.05) is 0 Å². The Kier molecular flexibility index (Phi) is 4.80. The maximum Gasteiger partial charge on any atom is 0.269 e. The lowest BCUT2D eigenvalue weighted by molar-refractivity contribution is -0.385. The van der Waals surface area contributed by atoms with Crippen LogP contribution in [-0.2, 0) is 9.47 Å². The second kappa shape index (κ2) is 7.41. The van der Waals surface area contributed by atoms with Gasteiger partial charge in [-0.2, -0.15) is 0 Å². The van der Waals surface area contributed by atoms with Crippen molar-refractivity contribution in [1.82, 2.24) is 0 Å². The molecule has 2 aliphatic heterocycles. The van der Waals surface area contributed by atoms with Crippen molar-refractivity contribution >= 4 is 11.4 Å². The summed E-state index contributed by atoms with van der Waals surface area (Å²) in [5.74, 6) is 0.978. The minimum Gasteiger partial charge on any atom is -0.485 e. The van der Waals surface area contributed by atoms with Crippen LogP contribution < -0.4 is 9.47 Å². The maximum absolute atomic E-state index is 10.7. The van der Waals surface area contributed by atoms with Crippen molar-refractivity contribution in [3.05, 3.63) is 68.8 Å². The van der Waals surface area contributed by atoms with E-state index in [4.69, 9.17) is 18.9 Å². The molecule has 2 aromatic rings. The van der Waals surface area contributed by atoms with Gasteiger partial charge in [0.15, 0.2) is 12.2 Å². The van der Waals surface area contributed by atoms with Crippen LogP contribution in [0.15, 0.2) is 48.5 Å². The minimum atomic E-state index is -0.474. The van der Waals surface area contributed by atoms with Gasteiger partial charge in [-0.05, 0) is 24.3 Å². The third-order valence-corrected chi connectivity index (χ3v) is 4.63. The molecule has 4 atom stereocenters. The van der Waals surface area contributed by atoms with E-state index in [1.54, 1.807) is 0 Å². The molecule has 0 N–H and O–H groups in total. The smallest absolute Gasteiger partial charge is 0.269 e. The third kappa shape index (κ3) is 3.59. The lowest BCUT2D eigenvalue weighted by atomic mass is 10.1. The van der Waals surface area contributed by atoms with E-state index >= 15 is 0 Å². The van der Waals surface area contributed by atoms with E-state index in [-0.39, 0.29) is 35.8 Å². The van der Waals surface area contributed by atoms with Gasteiger partial charge in [-0.15, -0.1) is 0 Å². The predicted octanol–water partition coefficient (Wildman–Crippen LogP) is 2.50. The Balaban J connectivity index is 1.37. The number of hydrogen-bond acceptors (Lipinski definition) is 8. The molecule has 2 heterocycles. The number of nitrogens with zero attached hydrogens (tertiary/aromatic N) is 2. The van der Waals surface area contributed by atoms with E-state index in [2.05, 4.69) is 0 Å². The monoisotopic (exact) mass is 388 g/mol. The summed E-state index contributed by atoms with van der Waals surface area (Å²) in [6.45, 7) is 0.596. The lowest BCUT2D eigenvalue weighted by Gasteiger charge is -2.18. The fraction of sp³-hybridized carbons (Fsp3) is 0.333.